The first-order chi connectivity index (χ1) is 15.2. The minimum absolute atomic E-state index is 0.182. The number of benzene rings is 2. The van der Waals surface area contributed by atoms with Gasteiger partial charge in [-0.05, 0) is 35.6 Å². The Labute approximate surface area is 188 Å². The normalized spacial score (nSPS) is 11.0. The second kappa shape index (κ2) is 8.41. The zero-order valence-electron chi connectivity index (χ0n) is 16.8. The summed E-state index contributed by atoms with van der Waals surface area (Å²) in [5, 5.41) is 8.37. The summed E-state index contributed by atoms with van der Waals surface area (Å²) in [7, 11) is 0. The highest BCUT2D eigenvalue weighted by Gasteiger charge is 2.16. The highest BCUT2D eigenvalue weighted by Crippen LogP contribution is 2.30. The summed E-state index contributed by atoms with van der Waals surface area (Å²) in [6.45, 7) is 2.14. The van der Waals surface area contributed by atoms with E-state index in [0.717, 1.165) is 39.2 Å². The van der Waals surface area contributed by atoms with Crippen LogP contribution in [0.5, 0.6) is 0 Å². The molecule has 0 spiro atoms. The maximum atomic E-state index is 13.2. The Morgan fingerprint density at radius 2 is 1.77 bits per heavy atom. The summed E-state index contributed by atoms with van der Waals surface area (Å²) in [6, 6.07) is 22.0. The second-order valence-corrected chi connectivity index (χ2v) is 8.90. The molecule has 3 heterocycles. The number of para-hydroxylation sites is 1. The van der Waals surface area contributed by atoms with Crippen LogP contribution in [0.15, 0.2) is 77.5 Å². The lowest BCUT2D eigenvalue weighted by molar-refractivity contribution is 0.102. The lowest BCUT2D eigenvalue weighted by Crippen LogP contribution is -2.13. The van der Waals surface area contributed by atoms with Crippen LogP contribution in [-0.4, -0.2) is 15.9 Å². The van der Waals surface area contributed by atoms with Gasteiger partial charge in [-0.3, -0.25) is 10.1 Å². The van der Waals surface area contributed by atoms with E-state index in [0.29, 0.717) is 10.7 Å². The molecular formula is C25H19N3OS2. The minimum atomic E-state index is -0.182. The molecule has 2 aromatic carbocycles. The molecule has 3 aromatic heterocycles. The number of thiazole rings is 1. The molecule has 0 saturated carbocycles. The minimum Gasteiger partial charge on any atom is -0.298 e. The number of thiophene rings is 1. The predicted octanol–water partition coefficient (Wildman–Crippen LogP) is 6.90. The molecule has 6 heteroatoms. The number of amides is 1. The Hall–Kier alpha value is -3.35. The van der Waals surface area contributed by atoms with Gasteiger partial charge in [-0.1, -0.05) is 55.5 Å². The predicted molar refractivity (Wildman–Crippen MR) is 130 cm³/mol. The van der Waals surface area contributed by atoms with Crippen LogP contribution in [0.3, 0.4) is 0 Å². The molecule has 1 amide bonds. The van der Waals surface area contributed by atoms with E-state index < -0.39 is 0 Å². The first-order valence-electron chi connectivity index (χ1n) is 10.0. The van der Waals surface area contributed by atoms with Crippen molar-refractivity contribution in [2.45, 2.75) is 13.3 Å². The van der Waals surface area contributed by atoms with Crippen LogP contribution in [0.4, 0.5) is 5.13 Å². The van der Waals surface area contributed by atoms with E-state index in [-0.39, 0.29) is 5.91 Å². The molecule has 0 bridgehead atoms. The fraction of sp³-hybridized carbons (Fsp3) is 0.0800. The molecule has 5 aromatic rings. The average Bonchev–Trinajstić information content (AvgIpc) is 3.51. The topological polar surface area (TPSA) is 54.9 Å². The van der Waals surface area contributed by atoms with Crippen molar-refractivity contribution < 1.29 is 4.79 Å². The molecule has 5 rings (SSSR count). The molecule has 4 nitrogen and oxygen atoms in total. The highest BCUT2D eigenvalue weighted by atomic mass is 32.1. The van der Waals surface area contributed by atoms with E-state index in [4.69, 9.17) is 4.98 Å². The van der Waals surface area contributed by atoms with E-state index in [1.54, 1.807) is 11.3 Å². The van der Waals surface area contributed by atoms with Gasteiger partial charge in [0.05, 0.1) is 27.3 Å². The monoisotopic (exact) mass is 441 g/mol. The number of fused-ring (bicyclic) bond motifs is 1. The molecule has 31 heavy (non-hydrogen) atoms. The summed E-state index contributed by atoms with van der Waals surface area (Å²) < 4.78 is 0. The molecular weight excluding hydrogens is 422 g/mol. The molecule has 1 N–H and O–H groups in total. The van der Waals surface area contributed by atoms with Crippen LogP contribution in [0.1, 0.15) is 22.8 Å². The molecule has 0 unspecified atom stereocenters. The molecule has 0 aliphatic rings. The van der Waals surface area contributed by atoms with E-state index in [1.165, 1.54) is 16.9 Å². The van der Waals surface area contributed by atoms with Gasteiger partial charge in [-0.15, -0.1) is 22.7 Å². The number of rotatable bonds is 5. The number of hydrogen-bond acceptors (Lipinski definition) is 5. The molecule has 0 saturated heterocycles. The largest absolute Gasteiger partial charge is 0.298 e. The fourth-order valence-electron chi connectivity index (χ4n) is 3.45. The van der Waals surface area contributed by atoms with Crippen LogP contribution in [0.25, 0.3) is 32.7 Å². The molecule has 0 aliphatic heterocycles. The smallest absolute Gasteiger partial charge is 0.258 e. The number of anilines is 1. The van der Waals surface area contributed by atoms with E-state index in [9.17, 15) is 4.79 Å². The Balaban J connectivity index is 1.46. The van der Waals surface area contributed by atoms with Gasteiger partial charge in [0.25, 0.3) is 5.91 Å². The number of carbonyl (C=O) groups is 1. The van der Waals surface area contributed by atoms with Crippen LogP contribution < -0.4 is 5.32 Å². The van der Waals surface area contributed by atoms with Crippen molar-refractivity contribution in [1.82, 2.24) is 9.97 Å². The summed E-state index contributed by atoms with van der Waals surface area (Å²) in [5.74, 6) is -0.182. The summed E-state index contributed by atoms with van der Waals surface area (Å²) >= 11 is 3.04. The molecule has 152 valence electrons. The van der Waals surface area contributed by atoms with Gasteiger partial charge in [0, 0.05) is 16.3 Å². The van der Waals surface area contributed by atoms with Crippen molar-refractivity contribution in [2.75, 3.05) is 5.32 Å². The van der Waals surface area contributed by atoms with Crippen molar-refractivity contribution in [3.63, 3.8) is 0 Å². The number of nitrogens with one attached hydrogen (secondary N) is 1. The lowest BCUT2D eigenvalue weighted by Gasteiger charge is -2.08. The Morgan fingerprint density at radius 3 is 2.55 bits per heavy atom. The lowest BCUT2D eigenvalue weighted by atomic mass is 10.1. The highest BCUT2D eigenvalue weighted by molar-refractivity contribution is 7.14. The van der Waals surface area contributed by atoms with Crippen molar-refractivity contribution in [2.24, 2.45) is 0 Å². The zero-order valence-corrected chi connectivity index (χ0v) is 18.5. The van der Waals surface area contributed by atoms with E-state index in [1.807, 2.05) is 53.2 Å². The quantitative estimate of drug-likeness (QED) is 0.323. The number of pyridine rings is 1. The SMILES string of the molecule is CCc1ccc(-c2csc(NC(=O)c3cc(-c4cccs4)nc4ccccc34)n2)cc1. The van der Waals surface area contributed by atoms with E-state index in [2.05, 4.69) is 41.5 Å². The van der Waals surface area contributed by atoms with Crippen LogP contribution in [-0.2, 0) is 6.42 Å². The first kappa shape index (κ1) is 19.6. The zero-order chi connectivity index (χ0) is 21.2. The van der Waals surface area contributed by atoms with Crippen LogP contribution >= 0.6 is 22.7 Å². The number of hydrogen-bond donors (Lipinski definition) is 1. The number of aromatic nitrogens is 2. The maximum absolute atomic E-state index is 13.2. The summed E-state index contributed by atoms with van der Waals surface area (Å²) in [4.78, 5) is 23.6. The third-order valence-corrected chi connectivity index (χ3v) is 6.77. The fourth-order valence-corrected chi connectivity index (χ4v) is 4.85. The van der Waals surface area contributed by atoms with Crippen LogP contribution in [0, 0.1) is 0 Å². The summed E-state index contributed by atoms with van der Waals surface area (Å²) in [6.07, 6.45) is 1.01. The van der Waals surface area contributed by atoms with Gasteiger partial charge in [0.15, 0.2) is 5.13 Å². The van der Waals surface area contributed by atoms with Gasteiger partial charge in [0.2, 0.25) is 0 Å². The van der Waals surface area contributed by atoms with E-state index >= 15 is 0 Å². The molecule has 0 fully saturated rings. The third-order valence-electron chi connectivity index (χ3n) is 5.12. The number of carbonyl (C=O) groups excluding carboxylic acids is 1. The first-order valence-corrected chi connectivity index (χ1v) is 11.8. The standard InChI is InChI=1S/C25H19N3OS2/c1-2-16-9-11-17(12-10-16)22-15-31-25(27-22)28-24(29)19-14-21(23-8-5-13-30-23)26-20-7-4-3-6-18(19)20/h3-15H,2H2,1H3,(H,27,28,29). The van der Waals surface area contributed by atoms with Gasteiger partial charge in [-0.2, -0.15) is 0 Å². The Kier molecular flexibility index (Phi) is 5.32. The molecule has 0 atom stereocenters. The van der Waals surface area contributed by atoms with Gasteiger partial charge < -0.3 is 0 Å². The molecule has 0 aliphatic carbocycles. The Bertz CT molecular complexity index is 1360. The third kappa shape index (κ3) is 4.00. The van der Waals surface area contributed by atoms with Crippen molar-refractivity contribution >= 4 is 44.6 Å². The van der Waals surface area contributed by atoms with Gasteiger partial charge in [0.1, 0.15) is 0 Å². The second-order valence-electron chi connectivity index (χ2n) is 7.09. The van der Waals surface area contributed by atoms with Crippen molar-refractivity contribution in [3.05, 3.63) is 88.6 Å². The Morgan fingerprint density at radius 1 is 0.935 bits per heavy atom. The summed E-state index contributed by atoms with van der Waals surface area (Å²) in [5.41, 5.74) is 5.39. The average molecular weight is 442 g/mol. The number of nitrogens with zero attached hydrogens (tertiary/aromatic N) is 2. The van der Waals surface area contributed by atoms with Gasteiger partial charge >= 0.3 is 0 Å². The van der Waals surface area contributed by atoms with Gasteiger partial charge in [-0.25, -0.2) is 9.97 Å². The van der Waals surface area contributed by atoms with Crippen molar-refractivity contribution in [3.8, 4) is 21.8 Å². The van der Waals surface area contributed by atoms with Crippen molar-refractivity contribution in [1.29, 1.82) is 0 Å². The number of aryl methyl sites for hydroxylation is 1. The molecule has 0 radical (unpaired) electrons. The van der Waals surface area contributed by atoms with Crippen LogP contribution in [0.2, 0.25) is 0 Å². The maximum Gasteiger partial charge on any atom is 0.258 e.